The van der Waals surface area contributed by atoms with Gasteiger partial charge in [-0.1, -0.05) is 47.2 Å². The molecule has 4 rings (SSSR count). The summed E-state index contributed by atoms with van der Waals surface area (Å²) < 4.78 is 39.2. The highest BCUT2D eigenvalue weighted by molar-refractivity contribution is 7.22. The summed E-state index contributed by atoms with van der Waals surface area (Å²) in [5.41, 5.74) is 1.85. The second-order valence-electron chi connectivity index (χ2n) is 7.59. The number of thiazole rings is 1. The molecule has 0 aliphatic rings. The molecule has 0 aliphatic heterocycles. The van der Waals surface area contributed by atoms with Gasteiger partial charge in [0.05, 0.1) is 26.5 Å². The molecule has 0 saturated carbocycles. The molecule has 0 unspecified atom stereocenters. The van der Waals surface area contributed by atoms with Crippen LogP contribution >= 0.6 is 22.9 Å². The summed E-state index contributed by atoms with van der Waals surface area (Å²) in [6, 6.07) is 14.3. The Kier molecular flexibility index (Phi) is 6.95. The van der Waals surface area contributed by atoms with E-state index in [1.807, 2.05) is 13.0 Å². The predicted molar refractivity (Wildman–Crippen MR) is 131 cm³/mol. The van der Waals surface area contributed by atoms with E-state index in [4.69, 9.17) is 11.6 Å². The summed E-state index contributed by atoms with van der Waals surface area (Å²) in [6.45, 7) is 1.75. The number of para-hydroxylation sites is 1. The van der Waals surface area contributed by atoms with E-state index in [1.165, 1.54) is 12.1 Å². The van der Waals surface area contributed by atoms with Gasteiger partial charge in [-0.3, -0.25) is 10.1 Å². The number of carbonyl (C=O) groups is 2. The molecule has 0 fully saturated rings. The summed E-state index contributed by atoms with van der Waals surface area (Å²) in [5.74, 6) is -0.343. The number of rotatable bonds is 5. The highest BCUT2D eigenvalue weighted by Crippen LogP contribution is 2.30. The number of urea groups is 1. The van der Waals surface area contributed by atoms with Crippen LogP contribution in [0.5, 0.6) is 0 Å². The maximum absolute atomic E-state index is 12.8. The summed E-state index contributed by atoms with van der Waals surface area (Å²) in [4.78, 5) is 29.3. The zero-order chi connectivity index (χ0) is 25.2. The van der Waals surface area contributed by atoms with Crippen LogP contribution in [-0.2, 0) is 12.7 Å². The van der Waals surface area contributed by atoms with Crippen LogP contribution in [0.2, 0.25) is 5.02 Å². The van der Waals surface area contributed by atoms with Gasteiger partial charge in [0.15, 0.2) is 5.13 Å². The molecule has 11 heteroatoms. The van der Waals surface area contributed by atoms with Crippen molar-refractivity contribution in [3.63, 3.8) is 0 Å². The van der Waals surface area contributed by atoms with E-state index in [9.17, 15) is 22.8 Å². The van der Waals surface area contributed by atoms with E-state index < -0.39 is 17.8 Å². The number of halogens is 4. The topological polar surface area (TPSA) is 83.1 Å². The number of aryl methyl sites for hydroxylation is 1. The van der Waals surface area contributed by atoms with Crippen LogP contribution in [0.25, 0.3) is 10.2 Å². The van der Waals surface area contributed by atoms with Gasteiger partial charge in [0.1, 0.15) is 0 Å². The van der Waals surface area contributed by atoms with Gasteiger partial charge in [0.2, 0.25) is 0 Å². The number of benzene rings is 3. The maximum atomic E-state index is 12.8. The molecule has 0 aliphatic carbocycles. The molecular formula is C24H18ClF3N4O2S. The van der Waals surface area contributed by atoms with Crippen LogP contribution in [0.15, 0.2) is 60.7 Å². The van der Waals surface area contributed by atoms with E-state index in [1.54, 1.807) is 30.3 Å². The minimum Gasteiger partial charge on any atom is -0.334 e. The van der Waals surface area contributed by atoms with Crippen molar-refractivity contribution in [1.82, 2.24) is 10.3 Å². The second kappa shape index (κ2) is 9.93. The smallest absolute Gasteiger partial charge is 0.334 e. The molecule has 3 N–H and O–H groups in total. The number of hydrogen-bond acceptors (Lipinski definition) is 4. The average molecular weight is 519 g/mol. The van der Waals surface area contributed by atoms with Crippen molar-refractivity contribution in [1.29, 1.82) is 0 Å². The molecule has 4 aromatic rings. The molecule has 0 atom stereocenters. The molecule has 180 valence electrons. The minimum atomic E-state index is -4.46. The lowest BCUT2D eigenvalue weighted by molar-refractivity contribution is -0.137. The van der Waals surface area contributed by atoms with E-state index in [-0.39, 0.29) is 17.6 Å². The number of carbonyl (C=O) groups excluding carboxylic acids is 2. The number of amides is 3. The number of aromatic nitrogens is 1. The van der Waals surface area contributed by atoms with E-state index in [0.717, 1.165) is 29.0 Å². The number of nitrogens with one attached hydrogen (secondary N) is 3. The zero-order valence-electron chi connectivity index (χ0n) is 18.2. The van der Waals surface area contributed by atoms with Gasteiger partial charge in [0.25, 0.3) is 5.91 Å². The maximum Gasteiger partial charge on any atom is 0.416 e. The molecule has 1 heterocycles. The lowest BCUT2D eigenvalue weighted by Gasteiger charge is -2.10. The fourth-order valence-electron chi connectivity index (χ4n) is 3.28. The fourth-order valence-corrected chi connectivity index (χ4v) is 4.45. The van der Waals surface area contributed by atoms with Gasteiger partial charge in [-0.25, -0.2) is 9.78 Å². The third-order valence-electron chi connectivity index (χ3n) is 5.04. The summed E-state index contributed by atoms with van der Waals surface area (Å²) >= 11 is 7.34. The van der Waals surface area contributed by atoms with Gasteiger partial charge in [-0.05, 0) is 54.4 Å². The van der Waals surface area contributed by atoms with Gasteiger partial charge in [-0.2, -0.15) is 13.2 Å². The Morgan fingerprint density at radius 2 is 1.80 bits per heavy atom. The molecule has 0 radical (unpaired) electrons. The first-order valence-corrected chi connectivity index (χ1v) is 11.5. The molecular weight excluding hydrogens is 501 g/mol. The number of hydrogen-bond donors (Lipinski definition) is 3. The lowest BCUT2D eigenvalue weighted by atomic mass is 10.1. The van der Waals surface area contributed by atoms with E-state index >= 15 is 0 Å². The Morgan fingerprint density at radius 1 is 1.03 bits per heavy atom. The molecule has 1 aromatic heterocycles. The first-order chi connectivity index (χ1) is 16.6. The molecule has 3 amide bonds. The summed E-state index contributed by atoms with van der Waals surface area (Å²) in [5, 5.41) is 8.59. The molecule has 0 bridgehead atoms. The van der Waals surface area contributed by atoms with Crippen molar-refractivity contribution in [2.24, 2.45) is 0 Å². The highest BCUT2D eigenvalue weighted by atomic mass is 35.5. The third-order valence-corrected chi connectivity index (χ3v) is 6.29. The van der Waals surface area contributed by atoms with Crippen molar-refractivity contribution >= 4 is 55.9 Å². The van der Waals surface area contributed by atoms with Crippen LogP contribution in [0.1, 0.15) is 27.0 Å². The number of alkyl halides is 3. The largest absolute Gasteiger partial charge is 0.416 e. The Hall–Kier alpha value is -3.63. The highest BCUT2D eigenvalue weighted by Gasteiger charge is 2.30. The van der Waals surface area contributed by atoms with Crippen molar-refractivity contribution < 1.29 is 22.8 Å². The van der Waals surface area contributed by atoms with Crippen LogP contribution < -0.4 is 16.0 Å². The standard InChI is InChI=1S/C24H18ClF3N4O2S/c1-13-4-2-7-17(25)20(13)31-21(33)15-8-9-18-19(11-15)35-23(30-18)32-22(34)29-12-14-5-3-6-16(10-14)24(26,27)28/h2-11H,12H2,1H3,(H,31,33)(H2,29,30,32,34). The minimum absolute atomic E-state index is 0.0908. The molecule has 0 spiro atoms. The SMILES string of the molecule is Cc1cccc(Cl)c1NC(=O)c1ccc2nc(NC(=O)NCc3cccc(C(F)(F)F)c3)sc2c1. The van der Waals surface area contributed by atoms with Crippen LogP contribution in [0.3, 0.4) is 0 Å². The van der Waals surface area contributed by atoms with E-state index in [0.29, 0.717) is 32.1 Å². The van der Waals surface area contributed by atoms with Crippen LogP contribution in [0.4, 0.5) is 28.8 Å². The van der Waals surface area contributed by atoms with Gasteiger partial charge >= 0.3 is 12.2 Å². The third kappa shape index (κ3) is 5.90. The van der Waals surface area contributed by atoms with Crippen LogP contribution in [-0.4, -0.2) is 16.9 Å². The Balaban J connectivity index is 1.41. The molecule has 6 nitrogen and oxygen atoms in total. The monoisotopic (exact) mass is 518 g/mol. The van der Waals surface area contributed by atoms with Crippen molar-refractivity contribution in [2.45, 2.75) is 19.6 Å². The fraction of sp³-hybridized carbons (Fsp3) is 0.125. The Morgan fingerprint density at radius 3 is 2.54 bits per heavy atom. The van der Waals surface area contributed by atoms with Crippen LogP contribution in [0, 0.1) is 6.92 Å². The number of anilines is 2. The van der Waals surface area contributed by atoms with Crippen molar-refractivity contribution in [3.05, 3.63) is 87.9 Å². The first kappa shape index (κ1) is 24.5. The summed E-state index contributed by atoms with van der Waals surface area (Å²) in [6.07, 6.45) is -4.46. The predicted octanol–water partition coefficient (Wildman–Crippen LogP) is 6.85. The van der Waals surface area contributed by atoms with Crippen molar-refractivity contribution in [2.75, 3.05) is 10.6 Å². The van der Waals surface area contributed by atoms with Gasteiger partial charge in [-0.15, -0.1) is 0 Å². The van der Waals surface area contributed by atoms with E-state index in [2.05, 4.69) is 20.9 Å². The zero-order valence-corrected chi connectivity index (χ0v) is 19.7. The number of fused-ring (bicyclic) bond motifs is 1. The Labute approximate surface area is 207 Å². The lowest BCUT2D eigenvalue weighted by Crippen LogP contribution is -2.28. The normalized spacial score (nSPS) is 11.3. The van der Waals surface area contributed by atoms with Gasteiger partial charge in [0, 0.05) is 12.1 Å². The average Bonchev–Trinajstić information content (AvgIpc) is 3.21. The van der Waals surface area contributed by atoms with Crippen molar-refractivity contribution in [3.8, 4) is 0 Å². The quantitative estimate of drug-likeness (QED) is 0.270. The second-order valence-corrected chi connectivity index (χ2v) is 9.03. The first-order valence-electron chi connectivity index (χ1n) is 10.3. The van der Waals surface area contributed by atoms with Gasteiger partial charge < -0.3 is 10.6 Å². The molecule has 0 saturated heterocycles. The molecule has 35 heavy (non-hydrogen) atoms. The number of nitrogens with zero attached hydrogens (tertiary/aromatic N) is 1. The molecule has 3 aromatic carbocycles. The summed E-state index contributed by atoms with van der Waals surface area (Å²) in [7, 11) is 0. The Bertz CT molecular complexity index is 1400.